The number of carboxylic acids is 2. The van der Waals surface area contributed by atoms with Gasteiger partial charge in [-0.3, -0.25) is 76.7 Å². The first-order chi connectivity index (χ1) is 49.6. The molecule has 0 bridgehead atoms. The highest BCUT2D eigenvalue weighted by Gasteiger charge is 2.43. The van der Waals surface area contributed by atoms with Crippen LogP contribution in [-0.2, 0) is 87.9 Å². The molecule has 22 N–H and O–H groups in total. The summed E-state index contributed by atoms with van der Waals surface area (Å²) in [5.41, 5.74) is 23.3. The zero-order valence-corrected chi connectivity index (χ0v) is 62.2. The number of amides is 15. The Bertz CT molecular complexity index is 3300. The molecule has 0 radical (unpaired) electrons. The second kappa shape index (κ2) is 43.4. The first kappa shape index (κ1) is 90.1. The molecule has 14 atom stereocenters. The highest BCUT2D eigenvalue weighted by molar-refractivity contribution is 6.01. The average Bonchev–Trinajstić information content (AvgIpc) is 1.59. The number of primary amides is 2. The molecule has 1 aromatic rings. The molecule has 0 aromatic heterocycles. The third kappa shape index (κ3) is 29.5. The SMILES string of the molecule is CC(C)C[C@H](NC(=O)[C@H](Cc1ccc(O)cc1)NC(=O)[C@H](C)N)C(=O)N[C@@H](C)C(=O)N1CCC[C@H]1C(=O)N[C@@H](CC(N)=O)C(=O)N[C@@H](CC(N)=O)C(=O)N[C@@H](CC(C)C)C(=O)N[C@@H](CCCCN)C(=O)N1CCC[C@H]1C(=O)N[C@H](C(=O)N[C@H](C(=O)N[C@@H](C)C(=O)N[C@@H](CCC(=O)O)C(=O)O)C(C)C)C(C)C. The van der Waals surface area contributed by atoms with Crippen LogP contribution in [0.3, 0.4) is 0 Å². The van der Waals surface area contributed by atoms with Crippen LogP contribution in [0.25, 0.3) is 0 Å². The number of hydrogen-bond acceptors (Lipinski definition) is 20. The summed E-state index contributed by atoms with van der Waals surface area (Å²) in [4.78, 5) is 232. The fourth-order valence-electron chi connectivity index (χ4n) is 11.9. The molecular formula is C69H111N17O20. The van der Waals surface area contributed by atoms with Gasteiger partial charge in [-0.25, -0.2) is 4.79 Å². The minimum absolute atomic E-state index is 0.0111. The van der Waals surface area contributed by atoms with Gasteiger partial charge in [0.2, 0.25) is 88.6 Å². The van der Waals surface area contributed by atoms with Crippen molar-refractivity contribution in [2.45, 2.75) is 251 Å². The zero-order chi connectivity index (χ0) is 80.1. The number of likely N-dealkylation sites (tertiary alicyclic amines) is 2. The van der Waals surface area contributed by atoms with Crippen LogP contribution >= 0.6 is 0 Å². The van der Waals surface area contributed by atoms with E-state index in [1.807, 2.05) is 0 Å². The van der Waals surface area contributed by atoms with Crippen LogP contribution in [0.5, 0.6) is 5.75 Å². The molecule has 2 aliphatic rings. The third-order valence-corrected chi connectivity index (χ3v) is 17.7. The van der Waals surface area contributed by atoms with Gasteiger partial charge in [0.15, 0.2) is 0 Å². The van der Waals surface area contributed by atoms with Gasteiger partial charge >= 0.3 is 11.9 Å². The normalized spacial score (nSPS) is 17.6. The molecule has 106 heavy (non-hydrogen) atoms. The number of aromatic hydroxyl groups is 1. The highest BCUT2D eigenvalue weighted by atomic mass is 16.4. The van der Waals surface area contributed by atoms with E-state index in [0.717, 1.165) is 4.90 Å². The number of carbonyl (C=O) groups excluding carboxylic acids is 15. The molecule has 1 aromatic carbocycles. The molecule has 0 unspecified atom stereocenters. The van der Waals surface area contributed by atoms with Crippen LogP contribution < -0.4 is 81.4 Å². The lowest BCUT2D eigenvalue weighted by Gasteiger charge is -2.32. The summed E-state index contributed by atoms with van der Waals surface area (Å²) in [7, 11) is 0. The summed E-state index contributed by atoms with van der Waals surface area (Å²) in [5, 5.41) is 56.1. The van der Waals surface area contributed by atoms with Crippen molar-refractivity contribution in [2.75, 3.05) is 19.6 Å². The van der Waals surface area contributed by atoms with Gasteiger partial charge in [0.25, 0.3) is 0 Å². The van der Waals surface area contributed by atoms with Gasteiger partial charge < -0.3 is 107 Å². The summed E-state index contributed by atoms with van der Waals surface area (Å²) in [6.45, 7) is 17.6. The average molecular weight is 1500 g/mol. The number of unbranched alkanes of at least 4 members (excludes halogenated alkanes) is 1. The summed E-state index contributed by atoms with van der Waals surface area (Å²) in [6, 6.07) is -13.5. The Hall–Kier alpha value is -10.1. The first-order valence-corrected chi connectivity index (χ1v) is 35.8. The molecule has 3 rings (SSSR count). The quantitative estimate of drug-likeness (QED) is 0.0276. The molecule has 592 valence electrons. The number of rotatable bonds is 44. The lowest BCUT2D eigenvalue weighted by atomic mass is 9.99. The van der Waals surface area contributed by atoms with Crippen molar-refractivity contribution in [1.82, 2.24) is 68.3 Å². The fraction of sp³-hybridized carbons (Fsp3) is 0.667. The van der Waals surface area contributed by atoms with Crippen molar-refractivity contribution in [3.05, 3.63) is 29.8 Å². The highest BCUT2D eigenvalue weighted by Crippen LogP contribution is 2.23. The predicted octanol–water partition coefficient (Wildman–Crippen LogP) is -4.13. The van der Waals surface area contributed by atoms with E-state index in [0.29, 0.717) is 18.4 Å². The van der Waals surface area contributed by atoms with E-state index in [-0.39, 0.29) is 88.6 Å². The van der Waals surface area contributed by atoms with Gasteiger partial charge in [0.1, 0.15) is 84.3 Å². The van der Waals surface area contributed by atoms with Crippen LogP contribution in [-0.4, -0.2) is 230 Å². The maximum atomic E-state index is 14.7. The summed E-state index contributed by atoms with van der Waals surface area (Å²) < 4.78 is 0. The lowest BCUT2D eigenvalue weighted by Crippen LogP contribution is -2.61. The molecule has 0 spiro atoms. The van der Waals surface area contributed by atoms with E-state index >= 15 is 0 Å². The molecule has 2 saturated heterocycles. The Kier molecular flexibility index (Phi) is 36.9. The smallest absolute Gasteiger partial charge is 0.326 e. The predicted molar refractivity (Wildman–Crippen MR) is 381 cm³/mol. The Labute approximate surface area is 615 Å². The topological polar surface area (TPSA) is 594 Å². The fourth-order valence-corrected chi connectivity index (χ4v) is 11.9. The number of phenols is 1. The van der Waals surface area contributed by atoms with Crippen molar-refractivity contribution >= 4 is 101 Å². The van der Waals surface area contributed by atoms with Gasteiger partial charge in [0, 0.05) is 25.9 Å². The molecule has 15 amide bonds. The van der Waals surface area contributed by atoms with Crippen LogP contribution in [0.15, 0.2) is 24.3 Å². The zero-order valence-electron chi connectivity index (χ0n) is 62.2. The van der Waals surface area contributed by atoms with Crippen molar-refractivity contribution in [1.29, 1.82) is 0 Å². The number of aliphatic carboxylic acids is 2. The second-order valence-corrected chi connectivity index (χ2v) is 28.5. The number of nitrogens with two attached hydrogens (primary N) is 4. The van der Waals surface area contributed by atoms with Crippen molar-refractivity contribution < 1.29 is 96.8 Å². The minimum atomic E-state index is -1.88. The Morgan fingerprint density at radius 1 is 0.453 bits per heavy atom. The third-order valence-electron chi connectivity index (χ3n) is 17.7. The number of carbonyl (C=O) groups is 17. The molecule has 2 fully saturated rings. The van der Waals surface area contributed by atoms with E-state index in [1.165, 1.54) is 37.8 Å². The maximum absolute atomic E-state index is 14.7. The molecule has 2 heterocycles. The van der Waals surface area contributed by atoms with Crippen molar-refractivity contribution in [3.8, 4) is 5.75 Å². The lowest BCUT2D eigenvalue weighted by molar-refractivity contribution is -0.143. The standard InChI is InChI=1S/C69H111N17O20/c1-33(2)28-44(79-60(96)46(78-56(92)37(9)71)30-40-19-21-41(87)22-20-40)58(94)75-39(11)67(103)85-26-14-17-49(85)63(99)82-48(32-52(73)89)62(98)81-47(31-51(72)88)61(97)80-45(29-34(3)4)59(95)76-42(16-12-13-25-70)68(104)86-27-15-18-50(86)64(100)83-55(36(7)8)66(102)84-54(35(5)6)65(101)74-38(10)57(93)77-43(69(105)106)23-24-53(90)91/h19-22,33-39,42-50,54-55,87H,12-18,23-32,70-71H2,1-11H3,(H2,72,88)(H2,73,89)(H,74,101)(H,75,94)(H,76,95)(H,77,93)(H,78,92)(H,79,96)(H,80,97)(H,81,98)(H,82,99)(H,83,100)(H,84,102)(H,90,91)(H,105,106)/t37-,38-,39-,42-,43-,44-,45-,46-,47-,48-,49-,50-,54-,55-/m0/s1. The van der Waals surface area contributed by atoms with Gasteiger partial charge in [0.05, 0.1) is 18.9 Å². The van der Waals surface area contributed by atoms with Crippen LogP contribution in [0.4, 0.5) is 0 Å². The maximum Gasteiger partial charge on any atom is 0.326 e. The van der Waals surface area contributed by atoms with Gasteiger partial charge in [-0.15, -0.1) is 0 Å². The minimum Gasteiger partial charge on any atom is -0.508 e. The molecule has 0 aliphatic carbocycles. The Morgan fingerprint density at radius 2 is 0.868 bits per heavy atom. The summed E-state index contributed by atoms with van der Waals surface area (Å²) >= 11 is 0. The number of benzene rings is 1. The van der Waals surface area contributed by atoms with E-state index in [4.69, 9.17) is 28.0 Å². The molecule has 0 saturated carbocycles. The van der Waals surface area contributed by atoms with Crippen LogP contribution in [0, 0.1) is 23.7 Å². The Morgan fingerprint density at radius 3 is 1.34 bits per heavy atom. The number of nitrogens with one attached hydrogen (secondary N) is 11. The van der Waals surface area contributed by atoms with Gasteiger partial charge in [-0.2, -0.15) is 0 Å². The molecule has 37 nitrogen and oxygen atoms in total. The second-order valence-electron chi connectivity index (χ2n) is 28.5. The first-order valence-electron chi connectivity index (χ1n) is 35.8. The molecule has 37 heteroatoms. The van der Waals surface area contributed by atoms with Crippen LogP contribution in [0.1, 0.15) is 165 Å². The largest absolute Gasteiger partial charge is 0.508 e. The Balaban J connectivity index is 1.81. The van der Waals surface area contributed by atoms with Crippen LogP contribution in [0.2, 0.25) is 0 Å². The van der Waals surface area contributed by atoms with Gasteiger partial charge in [-0.05, 0) is 133 Å². The molecule has 2 aliphatic heterocycles. The van der Waals surface area contributed by atoms with E-state index in [2.05, 4.69) is 58.5 Å². The molecular weight excluding hydrogens is 1390 g/mol. The monoisotopic (exact) mass is 1500 g/mol. The summed E-state index contributed by atoms with van der Waals surface area (Å²) in [6.07, 6.45) is -1.48. The summed E-state index contributed by atoms with van der Waals surface area (Å²) in [5.74, 6) is -18.1. The number of phenolic OH excluding ortho intramolecular Hbond substituents is 1. The number of nitrogens with zero attached hydrogens (tertiary/aromatic N) is 2. The number of hydrogen-bond donors (Lipinski definition) is 18. The van der Waals surface area contributed by atoms with Gasteiger partial charge in [-0.1, -0.05) is 67.5 Å². The van der Waals surface area contributed by atoms with E-state index < -0.39 is 223 Å². The van der Waals surface area contributed by atoms with E-state index in [9.17, 15) is 91.7 Å². The number of carboxylic acid groups (broad SMARTS) is 2. The van der Waals surface area contributed by atoms with Crippen molar-refractivity contribution in [3.63, 3.8) is 0 Å². The van der Waals surface area contributed by atoms with E-state index in [1.54, 1.807) is 67.5 Å². The van der Waals surface area contributed by atoms with Crippen molar-refractivity contribution in [2.24, 2.45) is 46.6 Å².